The second-order valence-corrected chi connectivity index (χ2v) is 1.83. The quantitative estimate of drug-likeness (QED) is 0.505. The van der Waals surface area contributed by atoms with Gasteiger partial charge in [0.15, 0.2) is 0 Å². The van der Waals surface area contributed by atoms with Crippen molar-refractivity contribution in [3.05, 3.63) is 12.4 Å². The maximum Gasteiger partial charge on any atom is 0.0912 e. The van der Waals surface area contributed by atoms with Crippen molar-refractivity contribution < 1.29 is 0 Å². The second-order valence-electron chi connectivity index (χ2n) is 1.83. The van der Waals surface area contributed by atoms with E-state index in [2.05, 4.69) is 11.5 Å². The zero-order valence-corrected chi connectivity index (χ0v) is 4.35. The van der Waals surface area contributed by atoms with Crippen LogP contribution in [-0.4, -0.2) is 18.0 Å². The molecule has 0 bridgehead atoms. The van der Waals surface area contributed by atoms with Gasteiger partial charge in [-0.15, -0.1) is 0 Å². The molecule has 1 aliphatic rings. The standard InChI is InChI=1S/C5H10N2/c1-5(6)7-3-2-4-7/h1-4,6H2. The van der Waals surface area contributed by atoms with E-state index >= 15 is 0 Å². The molecule has 2 N–H and O–H groups in total. The van der Waals surface area contributed by atoms with Crippen LogP contribution in [0, 0.1) is 0 Å². The lowest BCUT2D eigenvalue weighted by atomic mass is 10.2. The van der Waals surface area contributed by atoms with Crippen molar-refractivity contribution in [3.8, 4) is 0 Å². The third-order valence-corrected chi connectivity index (χ3v) is 1.26. The molecule has 0 aromatic carbocycles. The molecular formula is C5H10N2. The minimum atomic E-state index is 0.714. The monoisotopic (exact) mass is 98.1 g/mol. The van der Waals surface area contributed by atoms with Gasteiger partial charge in [-0.3, -0.25) is 0 Å². The topological polar surface area (TPSA) is 29.3 Å². The van der Waals surface area contributed by atoms with Crippen LogP contribution in [0.4, 0.5) is 0 Å². The van der Waals surface area contributed by atoms with Crippen LogP contribution in [-0.2, 0) is 0 Å². The molecule has 0 aromatic heterocycles. The van der Waals surface area contributed by atoms with E-state index in [0.717, 1.165) is 13.1 Å². The van der Waals surface area contributed by atoms with Crippen molar-refractivity contribution in [3.63, 3.8) is 0 Å². The van der Waals surface area contributed by atoms with Crippen molar-refractivity contribution in [2.24, 2.45) is 5.73 Å². The molecule has 0 amide bonds. The second kappa shape index (κ2) is 1.45. The summed E-state index contributed by atoms with van der Waals surface area (Å²) in [6.45, 7) is 5.79. The lowest BCUT2D eigenvalue weighted by Gasteiger charge is -2.32. The SMILES string of the molecule is C=C(N)N1CCC1. The highest BCUT2D eigenvalue weighted by atomic mass is 15.2. The molecule has 1 aliphatic heterocycles. The predicted octanol–water partition coefficient (Wildman–Crippen LogP) is 0.122. The van der Waals surface area contributed by atoms with Gasteiger partial charge in [-0.1, -0.05) is 6.58 Å². The normalized spacial score (nSPS) is 18.6. The van der Waals surface area contributed by atoms with Crippen molar-refractivity contribution in [1.82, 2.24) is 4.90 Å². The Bertz CT molecular complexity index is 84.1. The smallest absolute Gasteiger partial charge is 0.0912 e. The minimum Gasteiger partial charge on any atom is -0.386 e. The predicted molar refractivity (Wildman–Crippen MR) is 29.5 cm³/mol. The summed E-state index contributed by atoms with van der Waals surface area (Å²) in [6.07, 6.45) is 1.27. The van der Waals surface area contributed by atoms with Crippen molar-refractivity contribution in [1.29, 1.82) is 0 Å². The van der Waals surface area contributed by atoms with E-state index in [1.807, 2.05) is 0 Å². The minimum absolute atomic E-state index is 0.714. The van der Waals surface area contributed by atoms with Crippen molar-refractivity contribution >= 4 is 0 Å². The Morgan fingerprint density at radius 3 is 2.14 bits per heavy atom. The first-order valence-corrected chi connectivity index (χ1v) is 2.50. The van der Waals surface area contributed by atoms with E-state index < -0.39 is 0 Å². The number of nitrogens with zero attached hydrogens (tertiary/aromatic N) is 1. The molecule has 0 aliphatic carbocycles. The highest BCUT2D eigenvalue weighted by Crippen LogP contribution is 2.07. The largest absolute Gasteiger partial charge is 0.386 e. The van der Waals surface area contributed by atoms with E-state index in [9.17, 15) is 0 Å². The highest BCUT2D eigenvalue weighted by molar-refractivity contribution is 4.90. The fourth-order valence-corrected chi connectivity index (χ4v) is 0.603. The van der Waals surface area contributed by atoms with Gasteiger partial charge in [-0.2, -0.15) is 0 Å². The Hall–Kier alpha value is -0.660. The molecule has 1 heterocycles. The van der Waals surface area contributed by atoms with Gasteiger partial charge in [-0.05, 0) is 6.42 Å². The van der Waals surface area contributed by atoms with E-state index in [1.165, 1.54) is 6.42 Å². The molecule has 0 spiro atoms. The summed E-state index contributed by atoms with van der Waals surface area (Å²) in [5.41, 5.74) is 5.33. The summed E-state index contributed by atoms with van der Waals surface area (Å²) in [6, 6.07) is 0. The average Bonchev–Trinajstić information content (AvgIpc) is 1.23. The molecular weight excluding hydrogens is 88.1 g/mol. The Morgan fingerprint density at radius 2 is 2.14 bits per heavy atom. The van der Waals surface area contributed by atoms with Crippen LogP contribution >= 0.6 is 0 Å². The van der Waals surface area contributed by atoms with Gasteiger partial charge >= 0.3 is 0 Å². The number of hydrogen-bond acceptors (Lipinski definition) is 2. The van der Waals surface area contributed by atoms with E-state index in [1.54, 1.807) is 0 Å². The molecule has 0 atom stereocenters. The fourth-order valence-electron chi connectivity index (χ4n) is 0.603. The fraction of sp³-hybridized carbons (Fsp3) is 0.600. The molecule has 0 radical (unpaired) electrons. The Morgan fingerprint density at radius 1 is 1.57 bits per heavy atom. The summed E-state index contributed by atoms with van der Waals surface area (Å²) < 4.78 is 0. The molecule has 40 valence electrons. The summed E-state index contributed by atoms with van der Waals surface area (Å²) in [5.74, 6) is 0.714. The van der Waals surface area contributed by atoms with Gasteiger partial charge in [-0.25, -0.2) is 0 Å². The van der Waals surface area contributed by atoms with Crippen LogP contribution in [0.25, 0.3) is 0 Å². The lowest BCUT2D eigenvalue weighted by Crippen LogP contribution is -2.38. The Labute approximate surface area is 43.6 Å². The number of likely N-dealkylation sites (tertiary alicyclic amines) is 1. The van der Waals surface area contributed by atoms with Crippen molar-refractivity contribution in [2.45, 2.75) is 6.42 Å². The third-order valence-electron chi connectivity index (χ3n) is 1.26. The van der Waals surface area contributed by atoms with Gasteiger partial charge in [0.2, 0.25) is 0 Å². The molecule has 0 saturated carbocycles. The zero-order valence-electron chi connectivity index (χ0n) is 4.35. The van der Waals surface area contributed by atoms with Gasteiger partial charge in [0.1, 0.15) is 0 Å². The summed E-state index contributed by atoms with van der Waals surface area (Å²) in [7, 11) is 0. The van der Waals surface area contributed by atoms with E-state index in [0.29, 0.717) is 5.82 Å². The number of nitrogens with two attached hydrogens (primary N) is 1. The van der Waals surface area contributed by atoms with Crippen molar-refractivity contribution in [2.75, 3.05) is 13.1 Å². The first kappa shape index (κ1) is 4.50. The summed E-state index contributed by atoms with van der Waals surface area (Å²) in [5, 5.41) is 0. The molecule has 7 heavy (non-hydrogen) atoms. The van der Waals surface area contributed by atoms with Crippen LogP contribution < -0.4 is 5.73 Å². The maximum absolute atomic E-state index is 5.33. The van der Waals surface area contributed by atoms with Gasteiger partial charge in [0, 0.05) is 13.1 Å². The molecule has 0 unspecified atom stereocenters. The first-order chi connectivity index (χ1) is 3.30. The first-order valence-electron chi connectivity index (χ1n) is 2.50. The van der Waals surface area contributed by atoms with Crippen LogP contribution in [0.2, 0.25) is 0 Å². The molecule has 1 fully saturated rings. The number of hydrogen-bond donors (Lipinski definition) is 1. The molecule has 2 heteroatoms. The molecule has 2 nitrogen and oxygen atoms in total. The molecule has 1 saturated heterocycles. The van der Waals surface area contributed by atoms with Gasteiger partial charge in [0.05, 0.1) is 5.82 Å². The van der Waals surface area contributed by atoms with Crippen LogP contribution in [0.1, 0.15) is 6.42 Å². The van der Waals surface area contributed by atoms with Crippen LogP contribution in [0.15, 0.2) is 12.4 Å². The van der Waals surface area contributed by atoms with E-state index in [4.69, 9.17) is 5.73 Å². The Kier molecular flexibility index (Phi) is 0.929. The van der Waals surface area contributed by atoms with Crippen LogP contribution in [0.5, 0.6) is 0 Å². The third kappa shape index (κ3) is 0.683. The number of rotatable bonds is 1. The molecule has 1 rings (SSSR count). The molecule has 0 aromatic rings. The summed E-state index contributed by atoms with van der Waals surface area (Å²) in [4.78, 5) is 2.06. The highest BCUT2D eigenvalue weighted by Gasteiger charge is 2.11. The summed E-state index contributed by atoms with van der Waals surface area (Å²) >= 11 is 0. The van der Waals surface area contributed by atoms with E-state index in [-0.39, 0.29) is 0 Å². The van der Waals surface area contributed by atoms with Gasteiger partial charge < -0.3 is 10.6 Å². The lowest BCUT2D eigenvalue weighted by molar-refractivity contribution is 0.237. The average molecular weight is 98.1 g/mol. The zero-order chi connectivity index (χ0) is 5.28. The maximum atomic E-state index is 5.33. The Balaban J connectivity index is 2.27. The van der Waals surface area contributed by atoms with Gasteiger partial charge in [0.25, 0.3) is 0 Å². The van der Waals surface area contributed by atoms with Crippen LogP contribution in [0.3, 0.4) is 0 Å².